The predicted octanol–water partition coefficient (Wildman–Crippen LogP) is 2.20. The van der Waals surface area contributed by atoms with Crippen molar-refractivity contribution in [1.82, 2.24) is 24.1 Å². The second-order valence-electron chi connectivity index (χ2n) is 7.05. The van der Waals surface area contributed by atoms with Crippen molar-refractivity contribution >= 4 is 21.6 Å². The second-order valence-corrected chi connectivity index (χ2v) is 8.83. The molecule has 0 spiro atoms. The number of sulfonamides is 1. The lowest BCUT2D eigenvalue weighted by Gasteiger charge is -2.29. The molecular weight excluding hydrogens is 383 g/mol. The van der Waals surface area contributed by atoms with E-state index in [2.05, 4.69) is 25.0 Å². The Morgan fingerprint density at radius 1 is 1.11 bits per heavy atom. The molecule has 28 heavy (non-hydrogen) atoms. The highest BCUT2D eigenvalue weighted by Gasteiger charge is 2.24. The molecule has 0 radical (unpaired) electrons. The Morgan fingerprint density at radius 2 is 1.86 bits per heavy atom. The van der Waals surface area contributed by atoms with Gasteiger partial charge in [0.25, 0.3) is 0 Å². The zero-order chi connectivity index (χ0) is 19.7. The number of imidazole rings is 1. The summed E-state index contributed by atoms with van der Waals surface area (Å²) in [7, 11) is -3.20. The van der Waals surface area contributed by atoms with Gasteiger partial charge in [-0.15, -0.1) is 0 Å². The van der Waals surface area contributed by atoms with Crippen LogP contribution in [-0.4, -0.2) is 46.1 Å². The molecule has 0 atom stereocenters. The van der Waals surface area contributed by atoms with E-state index in [-0.39, 0.29) is 17.8 Å². The van der Waals surface area contributed by atoms with Crippen LogP contribution in [0.15, 0.2) is 36.8 Å². The Labute approximate surface area is 162 Å². The quantitative estimate of drug-likeness (QED) is 0.676. The molecule has 2 N–H and O–H groups in total. The first kappa shape index (κ1) is 18.8. The minimum absolute atomic E-state index is 0.0455. The van der Waals surface area contributed by atoms with Crippen LogP contribution in [0.2, 0.25) is 0 Å². The molecule has 8 nitrogen and oxygen atoms in total. The van der Waals surface area contributed by atoms with E-state index < -0.39 is 15.8 Å². The standard InChI is InChI=1S/C18H21FN6O2S/c1-28(26,27)24-13-7-5-12(6-8-13)22-18-21-10-14(19)17(23-18)15-11-20-16-4-2-3-9-25(15)16/h2-4,9-13,24H,5-8H2,1H3,(H,21,22,23)/t12-,13-. The van der Waals surface area contributed by atoms with Crippen LogP contribution >= 0.6 is 0 Å². The lowest BCUT2D eigenvalue weighted by molar-refractivity contribution is 0.387. The molecule has 0 unspecified atom stereocenters. The highest BCUT2D eigenvalue weighted by molar-refractivity contribution is 7.88. The van der Waals surface area contributed by atoms with Crippen molar-refractivity contribution in [3.05, 3.63) is 42.6 Å². The first-order valence-electron chi connectivity index (χ1n) is 9.08. The zero-order valence-electron chi connectivity index (χ0n) is 15.3. The fourth-order valence-corrected chi connectivity index (χ4v) is 4.41. The second kappa shape index (κ2) is 7.44. The van der Waals surface area contributed by atoms with Crippen molar-refractivity contribution in [3.63, 3.8) is 0 Å². The molecule has 10 heteroatoms. The summed E-state index contributed by atoms with van der Waals surface area (Å²) in [5, 5.41) is 3.25. The van der Waals surface area contributed by atoms with Crippen molar-refractivity contribution < 1.29 is 12.8 Å². The third-order valence-corrected chi connectivity index (χ3v) is 5.61. The molecule has 1 aliphatic rings. The van der Waals surface area contributed by atoms with Crippen LogP contribution in [0.25, 0.3) is 17.0 Å². The number of nitrogens with zero attached hydrogens (tertiary/aromatic N) is 4. The van der Waals surface area contributed by atoms with Crippen LogP contribution in [0.5, 0.6) is 0 Å². The van der Waals surface area contributed by atoms with Gasteiger partial charge in [0.05, 0.1) is 24.3 Å². The molecule has 0 aliphatic heterocycles. The van der Waals surface area contributed by atoms with Crippen LogP contribution in [0.3, 0.4) is 0 Å². The van der Waals surface area contributed by atoms with Gasteiger partial charge in [-0.3, -0.25) is 4.40 Å². The Kier molecular flexibility index (Phi) is 4.98. The van der Waals surface area contributed by atoms with E-state index in [1.807, 2.05) is 24.4 Å². The minimum atomic E-state index is -3.20. The molecule has 0 aromatic carbocycles. The molecule has 1 fully saturated rings. The molecule has 0 bridgehead atoms. The normalized spacial score (nSPS) is 20.4. The number of hydrogen-bond acceptors (Lipinski definition) is 6. The van der Waals surface area contributed by atoms with E-state index in [1.165, 1.54) is 6.26 Å². The van der Waals surface area contributed by atoms with Crippen molar-refractivity contribution in [2.45, 2.75) is 37.8 Å². The van der Waals surface area contributed by atoms with Gasteiger partial charge in [0.1, 0.15) is 11.3 Å². The van der Waals surface area contributed by atoms with Gasteiger partial charge in [-0.05, 0) is 37.8 Å². The predicted molar refractivity (Wildman–Crippen MR) is 104 cm³/mol. The maximum Gasteiger partial charge on any atom is 0.223 e. The van der Waals surface area contributed by atoms with Crippen LogP contribution in [0, 0.1) is 5.82 Å². The van der Waals surface area contributed by atoms with E-state index in [9.17, 15) is 12.8 Å². The summed E-state index contributed by atoms with van der Waals surface area (Å²) in [5.74, 6) is -0.168. The van der Waals surface area contributed by atoms with Gasteiger partial charge in [-0.2, -0.15) is 0 Å². The van der Waals surface area contributed by atoms with Crippen molar-refractivity contribution in [1.29, 1.82) is 0 Å². The van der Waals surface area contributed by atoms with E-state index in [0.717, 1.165) is 31.9 Å². The lowest BCUT2D eigenvalue weighted by Crippen LogP contribution is -2.39. The minimum Gasteiger partial charge on any atom is -0.351 e. The zero-order valence-corrected chi connectivity index (χ0v) is 16.2. The molecule has 0 amide bonds. The smallest absolute Gasteiger partial charge is 0.223 e. The fraction of sp³-hybridized carbons (Fsp3) is 0.389. The molecule has 3 aromatic heterocycles. The third-order valence-electron chi connectivity index (χ3n) is 4.84. The third kappa shape index (κ3) is 4.12. The van der Waals surface area contributed by atoms with Crippen molar-refractivity contribution in [3.8, 4) is 11.4 Å². The number of pyridine rings is 1. The first-order valence-corrected chi connectivity index (χ1v) is 11.0. The number of rotatable bonds is 5. The topological polar surface area (TPSA) is 101 Å². The fourth-order valence-electron chi connectivity index (χ4n) is 3.56. The average molecular weight is 404 g/mol. The van der Waals surface area contributed by atoms with Gasteiger partial charge < -0.3 is 5.32 Å². The maximum absolute atomic E-state index is 14.4. The van der Waals surface area contributed by atoms with Crippen LogP contribution in [-0.2, 0) is 10.0 Å². The van der Waals surface area contributed by atoms with Gasteiger partial charge in [-0.25, -0.2) is 32.5 Å². The Bertz CT molecular complexity index is 1090. The summed E-state index contributed by atoms with van der Waals surface area (Å²) in [5.41, 5.74) is 1.45. The number of fused-ring (bicyclic) bond motifs is 1. The van der Waals surface area contributed by atoms with E-state index in [0.29, 0.717) is 17.3 Å². The summed E-state index contributed by atoms with van der Waals surface area (Å²) >= 11 is 0. The highest BCUT2D eigenvalue weighted by Crippen LogP contribution is 2.25. The van der Waals surface area contributed by atoms with Gasteiger partial charge in [0.2, 0.25) is 16.0 Å². The Hall–Kier alpha value is -2.59. The average Bonchev–Trinajstić information content (AvgIpc) is 3.08. The first-order chi connectivity index (χ1) is 13.4. The lowest BCUT2D eigenvalue weighted by atomic mass is 9.92. The molecule has 3 aromatic rings. The van der Waals surface area contributed by atoms with Crippen molar-refractivity contribution in [2.24, 2.45) is 0 Å². The summed E-state index contributed by atoms with van der Waals surface area (Å²) < 4.78 is 41.5. The number of nitrogens with one attached hydrogen (secondary N) is 2. The number of aromatic nitrogens is 4. The molecule has 4 rings (SSSR count). The van der Waals surface area contributed by atoms with Gasteiger partial charge in [0.15, 0.2) is 5.82 Å². The van der Waals surface area contributed by atoms with E-state index >= 15 is 0 Å². The van der Waals surface area contributed by atoms with Crippen LogP contribution < -0.4 is 10.0 Å². The van der Waals surface area contributed by atoms with Gasteiger partial charge in [0, 0.05) is 18.3 Å². The van der Waals surface area contributed by atoms with E-state index in [4.69, 9.17) is 0 Å². The number of anilines is 1. The summed E-state index contributed by atoms with van der Waals surface area (Å²) in [4.78, 5) is 12.7. The van der Waals surface area contributed by atoms with Gasteiger partial charge >= 0.3 is 0 Å². The summed E-state index contributed by atoms with van der Waals surface area (Å²) in [6, 6.07) is 5.61. The monoisotopic (exact) mass is 404 g/mol. The number of hydrogen-bond donors (Lipinski definition) is 2. The van der Waals surface area contributed by atoms with Crippen LogP contribution in [0.1, 0.15) is 25.7 Å². The summed E-state index contributed by atoms with van der Waals surface area (Å²) in [6.07, 6.45) is 8.74. The molecule has 1 saturated carbocycles. The van der Waals surface area contributed by atoms with E-state index in [1.54, 1.807) is 10.6 Å². The highest BCUT2D eigenvalue weighted by atomic mass is 32.2. The summed E-state index contributed by atoms with van der Waals surface area (Å²) in [6.45, 7) is 0. The van der Waals surface area contributed by atoms with Crippen LogP contribution in [0.4, 0.5) is 10.3 Å². The largest absolute Gasteiger partial charge is 0.351 e. The molecule has 148 valence electrons. The Morgan fingerprint density at radius 3 is 2.61 bits per heavy atom. The SMILES string of the molecule is CS(=O)(=O)N[C@H]1CC[C@H](Nc2ncc(F)c(-c3cnc4ccccn34)n2)CC1. The molecule has 3 heterocycles. The van der Waals surface area contributed by atoms with Gasteiger partial charge in [-0.1, -0.05) is 6.07 Å². The molecule has 1 aliphatic carbocycles. The molecular formula is C18H21FN6O2S. The Balaban J connectivity index is 1.49. The maximum atomic E-state index is 14.4. The number of halogens is 1. The molecule has 0 saturated heterocycles. The van der Waals surface area contributed by atoms with Crippen molar-refractivity contribution in [2.75, 3.05) is 11.6 Å².